The van der Waals surface area contributed by atoms with E-state index in [0.29, 0.717) is 0 Å². The summed E-state index contributed by atoms with van der Waals surface area (Å²) in [5.41, 5.74) is 4.13. The minimum absolute atomic E-state index is 0.222. The van der Waals surface area contributed by atoms with E-state index in [4.69, 9.17) is 4.42 Å². The number of hydrogen-bond donors (Lipinski definition) is 1. The van der Waals surface area contributed by atoms with Gasteiger partial charge in [-0.1, -0.05) is 23.8 Å². The zero-order valence-corrected chi connectivity index (χ0v) is 9.36. The first-order valence-electron chi connectivity index (χ1n) is 5.71. The molecule has 82 valence electrons. The molecule has 1 aromatic carbocycles. The summed E-state index contributed by atoms with van der Waals surface area (Å²) in [6.07, 6.45) is 2.84. The summed E-state index contributed by atoms with van der Waals surface area (Å²) in [6, 6.07) is 10.9. The van der Waals surface area contributed by atoms with E-state index >= 15 is 0 Å². The highest BCUT2D eigenvalue weighted by atomic mass is 16.3. The van der Waals surface area contributed by atoms with Crippen molar-refractivity contribution in [1.82, 2.24) is 5.32 Å². The van der Waals surface area contributed by atoms with Crippen molar-refractivity contribution in [3.8, 4) is 0 Å². The van der Waals surface area contributed by atoms with Crippen LogP contribution in [0, 0.1) is 6.92 Å². The van der Waals surface area contributed by atoms with Gasteiger partial charge in [-0.25, -0.2) is 0 Å². The second kappa shape index (κ2) is 3.80. The highest BCUT2D eigenvalue weighted by Gasteiger charge is 2.22. The Labute approximate surface area is 95.3 Å². The molecular weight excluding hydrogens is 198 g/mol. The van der Waals surface area contributed by atoms with E-state index in [9.17, 15) is 0 Å². The smallest absolute Gasteiger partial charge is 0.125 e. The normalized spacial score (nSPS) is 19.4. The van der Waals surface area contributed by atoms with E-state index in [1.807, 2.05) is 12.1 Å². The number of rotatable bonds is 1. The van der Waals surface area contributed by atoms with Gasteiger partial charge in [-0.05, 0) is 36.6 Å². The van der Waals surface area contributed by atoms with Crippen LogP contribution < -0.4 is 5.32 Å². The van der Waals surface area contributed by atoms with Gasteiger partial charge in [0, 0.05) is 6.54 Å². The molecule has 0 bridgehead atoms. The third-order valence-electron chi connectivity index (χ3n) is 3.18. The van der Waals surface area contributed by atoms with E-state index in [1.54, 1.807) is 6.26 Å². The molecule has 2 heterocycles. The summed E-state index contributed by atoms with van der Waals surface area (Å²) in [5, 5.41) is 3.50. The molecule has 0 saturated carbocycles. The Bertz CT molecular complexity index is 487. The molecule has 0 saturated heterocycles. The number of fused-ring (bicyclic) bond motifs is 1. The van der Waals surface area contributed by atoms with Crippen LogP contribution in [0.5, 0.6) is 0 Å². The minimum atomic E-state index is 0.222. The van der Waals surface area contributed by atoms with Crippen molar-refractivity contribution in [1.29, 1.82) is 0 Å². The number of furan rings is 1. The van der Waals surface area contributed by atoms with E-state index in [0.717, 1.165) is 18.7 Å². The third-order valence-corrected chi connectivity index (χ3v) is 3.18. The molecule has 1 atom stereocenters. The maximum atomic E-state index is 5.50. The van der Waals surface area contributed by atoms with E-state index < -0.39 is 0 Å². The molecule has 1 aliphatic rings. The van der Waals surface area contributed by atoms with Crippen LogP contribution in [-0.2, 0) is 6.42 Å². The second-order valence-corrected chi connectivity index (χ2v) is 4.35. The number of aryl methyl sites for hydroxylation is 1. The molecule has 0 amide bonds. The van der Waals surface area contributed by atoms with Gasteiger partial charge in [-0.3, -0.25) is 0 Å². The van der Waals surface area contributed by atoms with Crippen molar-refractivity contribution < 1.29 is 4.42 Å². The first-order chi connectivity index (χ1) is 7.84. The van der Waals surface area contributed by atoms with Crippen LogP contribution in [-0.4, -0.2) is 6.54 Å². The van der Waals surface area contributed by atoms with E-state index in [-0.39, 0.29) is 6.04 Å². The monoisotopic (exact) mass is 213 g/mol. The molecule has 16 heavy (non-hydrogen) atoms. The molecule has 0 fully saturated rings. The molecule has 3 rings (SSSR count). The predicted molar refractivity (Wildman–Crippen MR) is 63.4 cm³/mol. The Morgan fingerprint density at radius 2 is 2.25 bits per heavy atom. The molecule has 1 aromatic heterocycles. The fourth-order valence-corrected chi connectivity index (χ4v) is 2.40. The quantitative estimate of drug-likeness (QED) is 0.788. The topological polar surface area (TPSA) is 25.2 Å². The molecule has 1 unspecified atom stereocenters. The molecule has 0 aliphatic carbocycles. The molecule has 0 radical (unpaired) electrons. The Morgan fingerprint density at radius 1 is 1.31 bits per heavy atom. The lowest BCUT2D eigenvalue weighted by Gasteiger charge is -2.25. The van der Waals surface area contributed by atoms with Gasteiger partial charge in [0.1, 0.15) is 5.76 Å². The summed E-state index contributed by atoms with van der Waals surface area (Å²) in [6.45, 7) is 3.16. The Hall–Kier alpha value is -1.54. The summed E-state index contributed by atoms with van der Waals surface area (Å²) < 4.78 is 5.50. The third kappa shape index (κ3) is 1.55. The number of nitrogens with one attached hydrogen (secondary N) is 1. The Kier molecular flexibility index (Phi) is 2.29. The van der Waals surface area contributed by atoms with Crippen molar-refractivity contribution in [3.63, 3.8) is 0 Å². The first-order valence-corrected chi connectivity index (χ1v) is 5.71. The zero-order chi connectivity index (χ0) is 11.0. The van der Waals surface area contributed by atoms with Crippen LogP contribution in [0.1, 0.15) is 28.5 Å². The maximum Gasteiger partial charge on any atom is 0.125 e. The summed E-state index contributed by atoms with van der Waals surface area (Å²) in [4.78, 5) is 0. The van der Waals surface area contributed by atoms with Crippen LogP contribution in [0.4, 0.5) is 0 Å². The van der Waals surface area contributed by atoms with Crippen LogP contribution in [0.15, 0.2) is 41.0 Å². The SMILES string of the molecule is Cc1ccc2c(c1)CCNC2c1ccco1. The van der Waals surface area contributed by atoms with Crippen LogP contribution in [0.25, 0.3) is 0 Å². The van der Waals surface area contributed by atoms with Gasteiger partial charge in [-0.15, -0.1) is 0 Å². The molecule has 2 heteroatoms. The Balaban J connectivity index is 2.06. The largest absolute Gasteiger partial charge is 0.467 e. The fraction of sp³-hybridized carbons (Fsp3) is 0.286. The molecule has 0 spiro atoms. The summed E-state index contributed by atoms with van der Waals surface area (Å²) in [7, 11) is 0. The standard InChI is InChI=1S/C14H15NO/c1-10-4-5-12-11(9-10)6-7-15-14(12)13-3-2-8-16-13/h2-5,8-9,14-15H,6-7H2,1H3. The first kappa shape index (κ1) is 9.67. The van der Waals surface area contributed by atoms with Gasteiger partial charge < -0.3 is 9.73 Å². The molecular formula is C14H15NO. The molecule has 2 nitrogen and oxygen atoms in total. The van der Waals surface area contributed by atoms with Crippen LogP contribution >= 0.6 is 0 Å². The maximum absolute atomic E-state index is 5.50. The van der Waals surface area contributed by atoms with E-state index in [1.165, 1.54) is 16.7 Å². The molecule has 1 aliphatic heterocycles. The Morgan fingerprint density at radius 3 is 3.06 bits per heavy atom. The molecule has 1 N–H and O–H groups in total. The van der Waals surface area contributed by atoms with Gasteiger partial charge in [0.05, 0.1) is 12.3 Å². The van der Waals surface area contributed by atoms with Crippen molar-refractivity contribution in [2.24, 2.45) is 0 Å². The lowest BCUT2D eigenvalue weighted by Crippen LogP contribution is -2.30. The number of benzene rings is 1. The molecule has 2 aromatic rings. The predicted octanol–water partition coefficient (Wildman–Crippen LogP) is 2.82. The lowest BCUT2D eigenvalue weighted by atomic mass is 9.91. The van der Waals surface area contributed by atoms with Gasteiger partial charge in [0.25, 0.3) is 0 Å². The van der Waals surface area contributed by atoms with E-state index in [2.05, 4.69) is 30.4 Å². The van der Waals surface area contributed by atoms with Crippen molar-refractivity contribution in [3.05, 3.63) is 59.0 Å². The van der Waals surface area contributed by atoms with Gasteiger partial charge >= 0.3 is 0 Å². The minimum Gasteiger partial charge on any atom is -0.467 e. The van der Waals surface area contributed by atoms with Crippen molar-refractivity contribution in [2.45, 2.75) is 19.4 Å². The fourth-order valence-electron chi connectivity index (χ4n) is 2.40. The second-order valence-electron chi connectivity index (χ2n) is 4.35. The van der Waals surface area contributed by atoms with Crippen LogP contribution in [0.2, 0.25) is 0 Å². The average Bonchev–Trinajstić information content (AvgIpc) is 2.81. The zero-order valence-electron chi connectivity index (χ0n) is 9.36. The van der Waals surface area contributed by atoms with Crippen LogP contribution in [0.3, 0.4) is 0 Å². The average molecular weight is 213 g/mol. The summed E-state index contributed by atoms with van der Waals surface area (Å²) in [5.74, 6) is 1.00. The van der Waals surface area contributed by atoms with Gasteiger partial charge in [-0.2, -0.15) is 0 Å². The van der Waals surface area contributed by atoms with Crippen molar-refractivity contribution >= 4 is 0 Å². The summed E-state index contributed by atoms with van der Waals surface area (Å²) >= 11 is 0. The van der Waals surface area contributed by atoms with Gasteiger partial charge in [0.2, 0.25) is 0 Å². The van der Waals surface area contributed by atoms with Gasteiger partial charge in [0.15, 0.2) is 0 Å². The van der Waals surface area contributed by atoms with Crippen molar-refractivity contribution in [2.75, 3.05) is 6.54 Å². The highest BCUT2D eigenvalue weighted by molar-refractivity contribution is 5.39. The lowest BCUT2D eigenvalue weighted by molar-refractivity contribution is 0.435. The number of hydrogen-bond acceptors (Lipinski definition) is 2. The highest BCUT2D eigenvalue weighted by Crippen LogP contribution is 2.29.